The summed E-state index contributed by atoms with van der Waals surface area (Å²) in [5, 5.41) is 2.23. The van der Waals surface area contributed by atoms with Gasteiger partial charge in [0.2, 0.25) is 5.89 Å². The number of rotatable bonds is 7. The molecule has 0 fully saturated rings. The Balaban J connectivity index is 1.01. The Morgan fingerprint density at radius 3 is 1.70 bits per heavy atom. The highest BCUT2D eigenvalue weighted by Gasteiger charge is 2.23. The van der Waals surface area contributed by atoms with Crippen molar-refractivity contribution in [3.8, 4) is 33.7 Å². The summed E-state index contributed by atoms with van der Waals surface area (Å²) in [7, 11) is 0. The van der Waals surface area contributed by atoms with Crippen molar-refractivity contribution in [3.05, 3.63) is 194 Å². The minimum absolute atomic E-state index is 0.163. The predicted octanol–water partition coefficient (Wildman–Crippen LogP) is 12.5. The lowest BCUT2D eigenvalue weighted by Gasteiger charge is -2.34. The molecule has 1 atom stereocenters. The second-order valence-corrected chi connectivity index (χ2v) is 12.8. The molecule has 8 aromatic rings. The molecule has 50 heavy (non-hydrogen) atoms. The largest absolute Gasteiger partial charge is 0.435 e. The normalized spacial score (nSPS) is 14.2. The summed E-state index contributed by atoms with van der Waals surface area (Å²) in [6.07, 6.45) is 7.68. The molecular formula is C47H34N2O. The van der Waals surface area contributed by atoms with E-state index in [2.05, 4.69) is 175 Å². The van der Waals surface area contributed by atoms with Crippen LogP contribution < -0.4 is 4.90 Å². The van der Waals surface area contributed by atoms with Gasteiger partial charge in [-0.2, -0.15) is 0 Å². The van der Waals surface area contributed by atoms with E-state index in [9.17, 15) is 0 Å². The van der Waals surface area contributed by atoms with Crippen molar-refractivity contribution in [1.29, 1.82) is 0 Å². The molecule has 0 aliphatic heterocycles. The first-order valence-electron chi connectivity index (χ1n) is 17.1. The highest BCUT2D eigenvalue weighted by atomic mass is 16.3. The van der Waals surface area contributed by atoms with Gasteiger partial charge in [-0.05, 0) is 87.7 Å². The van der Waals surface area contributed by atoms with Gasteiger partial charge in [-0.15, -0.1) is 0 Å². The number of hydrogen-bond donors (Lipinski definition) is 0. The smallest absolute Gasteiger partial charge is 0.227 e. The molecule has 0 spiro atoms. The van der Waals surface area contributed by atoms with Gasteiger partial charge in [0, 0.05) is 22.3 Å². The van der Waals surface area contributed by atoms with Crippen LogP contribution in [0.3, 0.4) is 0 Å². The number of anilines is 2. The van der Waals surface area contributed by atoms with Gasteiger partial charge in [-0.25, -0.2) is 4.98 Å². The van der Waals surface area contributed by atoms with Gasteiger partial charge in [-0.3, -0.25) is 0 Å². The molecule has 0 bridgehead atoms. The van der Waals surface area contributed by atoms with Crippen molar-refractivity contribution >= 4 is 38.8 Å². The maximum atomic E-state index is 6.30. The first kappa shape index (κ1) is 29.7. The van der Waals surface area contributed by atoms with E-state index in [1.807, 2.05) is 18.2 Å². The van der Waals surface area contributed by atoms with Crippen LogP contribution in [0.5, 0.6) is 0 Å². The zero-order valence-electron chi connectivity index (χ0n) is 27.5. The van der Waals surface area contributed by atoms with Crippen LogP contribution in [0.4, 0.5) is 11.4 Å². The van der Waals surface area contributed by atoms with Gasteiger partial charge >= 0.3 is 0 Å². The van der Waals surface area contributed by atoms with Gasteiger partial charge in [0.05, 0.1) is 6.04 Å². The molecule has 1 aliphatic carbocycles. The van der Waals surface area contributed by atoms with E-state index < -0.39 is 0 Å². The molecule has 0 radical (unpaired) electrons. The molecule has 3 nitrogen and oxygen atoms in total. The standard InChI is InChI=1S/C47H34N2O/c1-3-10-33(11-4-1)36-22-27-41(28-23-36)49(43-16-9-15-40(32-43)34-12-5-2-6-13-34)42-29-24-37(25-30-42)35-18-20-39(21-19-35)47-48-45-31-26-38-14-7-8-17-44(38)46(45)50-47/h1-31,43H,32H2. The topological polar surface area (TPSA) is 29.3 Å². The monoisotopic (exact) mass is 642 g/mol. The molecule has 9 rings (SSSR count). The highest BCUT2D eigenvalue weighted by molar-refractivity contribution is 6.03. The second-order valence-electron chi connectivity index (χ2n) is 12.8. The van der Waals surface area contributed by atoms with E-state index >= 15 is 0 Å². The quantitative estimate of drug-likeness (QED) is 0.173. The molecule has 0 N–H and O–H groups in total. The van der Waals surface area contributed by atoms with Crippen molar-refractivity contribution in [1.82, 2.24) is 4.98 Å². The summed E-state index contributed by atoms with van der Waals surface area (Å²) in [6.45, 7) is 0. The molecule has 1 unspecified atom stereocenters. The zero-order chi connectivity index (χ0) is 33.3. The Hall–Kier alpha value is -6.45. The van der Waals surface area contributed by atoms with E-state index in [1.54, 1.807) is 0 Å². The average molecular weight is 643 g/mol. The van der Waals surface area contributed by atoms with E-state index in [4.69, 9.17) is 9.40 Å². The first-order valence-corrected chi connectivity index (χ1v) is 17.1. The van der Waals surface area contributed by atoms with Crippen LogP contribution in [0.1, 0.15) is 12.0 Å². The highest BCUT2D eigenvalue weighted by Crippen LogP contribution is 2.37. The van der Waals surface area contributed by atoms with E-state index in [-0.39, 0.29) is 6.04 Å². The van der Waals surface area contributed by atoms with Crippen molar-refractivity contribution < 1.29 is 4.42 Å². The Morgan fingerprint density at radius 1 is 0.500 bits per heavy atom. The number of benzene rings is 7. The minimum atomic E-state index is 0.163. The predicted molar refractivity (Wildman–Crippen MR) is 208 cm³/mol. The fourth-order valence-corrected chi connectivity index (χ4v) is 7.08. The third-order valence-corrected chi connectivity index (χ3v) is 9.68. The molecule has 0 saturated carbocycles. The van der Waals surface area contributed by atoms with Crippen LogP contribution in [0.2, 0.25) is 0 Å². The molecule has 7 aromatic carbocycles. The van der Waals surface area contributed by atoms with Gasteiger partial charge in [0.25, 0.3) is 0 Å². The van der Waals surface area contributed by atoms with Crippen LogP contribution in [0.15, 0.2) is 193 Å². The third kappa shape index (κ3) is 5.69. The van der Waals surface area contributed by atoms with Crippen LogP contribution in [0.25, 0.3) is 61.2 Å². The molecular weight excluding hydrogens is 609 g/mol. The molecule has 1 aromatic heterocycles. The van der Waals surface area contributed by atoms with Gasteiger partial charge < -0.3 is 9.32 Å². The summed E-state index contributed by atoms with van der Waals surface area (Å²) in [4.78, 5) is 7.27. The average Bonchev–Trinajstić information content (AvgIpc) is 3.65. The van der Waals surface area contributed by atoms with Crippen molar-refractivity contribution in [3.63, 3.8) is 0 Å². The van der Waals surface area contributed by atoms with Crippen LogP contribution >= 0.6 is 0 Å². The van der Waals surface area contributed by atoms with Crippen molar-refractivity contribution in [2.45, 2.75) is 12.5 Å². The first-order chi connectivity index (χ1) is 24.8. The summed E-state index contributed by atoms with van der Waals surface area (Å²) in [6, 6.07) is 60.2. The summed E-state index contributed by atoms with van der Waals surface area (Å²) in [5.41, 5.74) is 12.3. The van der Waals surface area contributed by atoms with Crippen LogP contribution in [-0.2, 0) is 0 Å². The number of oxazole rings is 1. The van der Waals surface area contributed by atoms with E-state index in [1.165, 1.54) is 22.3 Å². The number of hydrogen-bond acceptors (Lipinski definition) is 3. The maximum absolute atomic E-state index is 6.30. The fourth-order valence-electron chi connectivity index (χ4n) is 7.08. The number of nitrogens with zero attached hydrogens (tertiary/aromatic N) is 2. The molecule has 3 heteroatoms. The molecule has 0 amide bonds. The Bertz CT molecular complexity index is 2480. The van der Waals surface area contributed by atoms with Crippen LogP contribution in [0, 0.1) is 0 Å². The lowest BCUT2D eigenvalue weighted by atomic mass is 9.92. The molecule has 238 valence electrons. The van der Waals surface area contributed by atoms with Gasteiger partial charge in [-0.1, -0.05) is 146 Å². The minimum Gasteiger partial charge on any atom is -0.435 e. The van der Waals surface area contributed by atoms with Crippen molar-refractivity contribution in [2.24, 2.45) is 0 Å². The second kappa shape index (κ2) is 12.9. The van der Waals surface area contributed by atoms with E-state index in [0.717, 1.165) is 56.4 Å². The summed E-state index contributed by atoms with van der Waals surface area (Å²) >= 11 is 0. The van der Waals surface area contributed by atoms with Gasteiger partial charge in [0.1, 0.15) is 5.52 Å². The number of allylic oxidation sites excluding steroid dienone is 2. The fraction of sp³-hybridized carbons (Fsp3) is 0.0426. The van der Waals surface area contributed by atoms with Gasteiger partial charge in [0.15, 0.2) is 5.58 Å². The molecule has 1 aliphatic rings. The molecule has 0 saturated heterocycles. The lowest BCUT2D eigenvalue weighted by Crippen LogP contribution is -2.30. The van der Waals surface area contributed by atoms with Crippen LogP contribution in [-0.4, -0.2) is 11.0 Å². The summed E-state index contributed by atoms with van der Waals surface area (Å²) in [5.74, 6) is 0.636. The Labute approximate surface area is 292 Å². The Kier molecular flexibility index (Phi) is 7.64. The summed E-state index contributed by atoms with van der Waals surface area (Å²) < 4.78 is 6.30. The third-order valence-electron chi connectivity index (χ3n) is 9.68. The maximum Gasteiger partial charge on any atom is 0.227 e. The SMILES string of the molecule is C1=CC(N(c2ccc(-c3ccccc3)cc2)c2ccc(-c3ccc(-c4nc5ccc6ccccc6c5o4)cc3)cc2)CC(c2ccccc2)=C1. The van der Waals surface area contributed by atoms with E-state index in [0.29, 0.717) is 5.89 Å². The number of aromatic nitrogens is 1. The zero-order valence-corrected chi connectivity index (χ0v) is 27.5. The van der Waals surface area contributed by atoms with Crippen molar-refractivity contribution in [2.75, 3.05) is 4.90 Å². The lowest BCUT2D eigenvalue weighted by molar-refractivity contribution is 0.623. The Morgan fingerprint density at radius 2 is 1.04 bits per heavy atom. The molecule has 1 heterocycles. The number of fused-ring (bicyclic) bond motifs is 3.